The maximum Gasteiger partial charge on any atom is 0.252 e. The smallest absolute Gasteiger partial charge is 0.252 e. The van der Waals surface area contributed by atoms with E-state index in [0.29, 0.717) is 12.5 Å². The Morgan fingerprint density at radius 1 is 1.18 bits per heavy atom. The third-order valence-corrected chi connectivity index (χ3v) is 7.72. The number of aryl methyl sites for hydroxylation is 1. The van der Waals surface area contributed by atoms with Crippen molar-refractivity contribution in [1.29, 1.82) is 0 Å². The molecule has 0 bridgehead atoms. The first-order chi connectivity index (χ1) is 16.1. The van der Waals surface area contributed by atoms with E-state index in [0.717, 1.165) is 56.4 Å². The molecule has 0 radical (unpaired) electrons. The van der Waals surface area contributed by atoms with Crippen LogP contribution < -0.4 is 5.32 Å². The zero-order valence-electron chi connectivity index (χ0n) is 19.5. The van der Waals surface area contributed by atoms with Crippen molar-refractivity contribution in [3.8, 4) is 11.1 Å². The van der Waals surface area contributed by atoms with Crippen molar-refractivity contribution >= 4 is 16.8 Å². The molecule has 5 heteroatoms. The van der Waals surface area contributed by atoms with E-state index in [1.165, 1.54) is 44.4 Å². The van der Waals surface area contributed by atoms with Crippen LogP contribution in [0.25, 0.3) is 22.0 Å². The number of aromatic nitrogens is 1. The second kappa shape index (κ2) is 8.00. The molecule has 2 heterocycles. The van der Waals surface area contributed by atoms with Crippen LogP contribution in [0, 0.1) is 5.92 Å². The van der Waals surface area contributed by atoms with E-state index >= 15 is 0 Å². The normalized spacial score (nSPS) is 18.4. The Balaban J connectivity index is 1.60. The van der Waals surface area contributed by atoms with E-state index in [9.17, 15) is 9.90 Å². The number of amides is 1. The van der Waals surface area contributed by atoms with E-state index in [4.69, 9.17) is 4.74 Å². The molecule has 2 aromatic carbocycles. The van der Waals surface area contributed by atoms with Gasteiger partial charge in [-0.15, -0.1) is 0 Å². The van der Waals surface area contributed by atoms with Gasteiger partial charge >= 0.3 is 0 Å². The molecule has 0 spiro atoms. The molecule has 0 saturated carbocycles. The van der Waals surface area contributed by atoms with Crippen LogP contribution in [0.1, 0.15) is 65.0 Å². The molecule has 2 aliphatic carbocycles. The number of hydrogen-bond donors (Lipinski definition) is 2. The number of nitrogens with one attached hydrogen (secondary N) is 1. The van der Waals surface area contributed by atoms with Gasteiger partial charge in [0.05, 0.1) is 23.8 Å². The fourth-order valence-electron chi connectivity index (χ4n) is 6.35. The summed E-state index contributed by atoms with van der Waals surface area (Å²) in [4.78, 5) is 13.1. The number of aliphatic hydroxyl groups is 1. The number of nitrogens with zero attached hydrogens (tertiary/aromatic N) is 1. The van der Waals surface area contributed by atoms with Crippen LogP contribution in [-0.2, 0) is 37.1 Å². The predicted molar refractivity (Wildman–Crippen MR) is 130 cm³/mol. The molecule has 2 N–H and O–H groups in total. The second-order valence-electron chi connectivity index (χ2n) is 10.1. The lowest BCUT2D eigenvalue weighted by Crippen LogP contribution is -2.22. The molecule has 3 aliphatic rings. The molecule has 1 unspecified atom stereocenters. The van der Waals surface area contributed by atoms with Gasteiger partial charge in [0.2, 0.25) is 0 Å². The fraction of sp³-hybridized carbons (Fsp3) is 0.464. The van der Waals surface area contributed by atoms with E-state index in [1.807, 2.05) is 0 Å². The highest BCUT2D eigenvalue weighted by Crippen LogP contribution is 2.49. The van der Waals surface area contributed by atoms with Gasteiger partial charge in [0, 0.05) is 42.8 Å². The lowest BCUT2D eigenvalue weighted by atomic mass is 9.84. The van der Waals surface area contributed by atoms with Crippen molar-refractivity contribution in [2.45, 2.75) is 65.1 Å². The van der Waals surface area contributed by atoms with Crippen LogP contribution in [0.4, 0.5) is 0 Å². The zero-order valence-corrected chi connectivity index (χ0v) is 19.5. The quantitative estimate of drug-likeness (QED) is 0.464. The van der Waals surface area contributed by atoms with Gasteiger partial charge in [-0.05, 0) is 73.3 Å². The SMILES string of the molecule is CC(C)OCC1CCc2c(c3c4c(c5c(c3n2CCCO)Cc2ccccc2-5)C(=O)NC4)C1. The van der Waals surface area contributed by atoms with Crippen LogP contribution in [0.5, 0.6) is 0 Å². The molecule has 33 heavy (non-hydrogen) atoms. The van der Waals surface area contributed by atoms with Gasteiger partial charge in [-0.3, -0.25) is 4.79 Å². The third kappa shape index (κ3) is 3.17. The number of hydrogen-bond acceptors (Lipinski definition) is 3. The standard InChI is InChI=1S/C28H32N2O3/c1-16(2)33-15-17-8-9-23-20(12-17)25-22-14-29-28(32)26(22)24-19-7-4-3-6-18(19)13-21(24)27(25)30(23)10-5-11-31/h3-4,6-7,16-17,31H,5,8-15H2,1-2H3,(H,29,32). The second-order valence-corrected chi connectivity index (χ2v) is 10.1. The molecule has 1 aliphatic heterocycles. The van der Waals surface area contributed by atoms with Crippen molar-refractivity contribution in [3.05, 3.63) is 57.8 Å². The van der Waals surface area contributed by atoms with Crippen molar-refractivity contribution < 1.29 is 14.6 Å². The highest BCUT2D eigenvalue weighted by atomic mass is 16.5. The lowest BCUT2D eigenvalue weighted by molar-refractivity contribution is 0.0475. The molecule has 3 aromatic rings. The number of rotatable bonds is 6. The molecule has 0 saturated heterocycles. The number of carbonyl (C=O) groups is 1. The first-order valence-corrected chi connectivity index (χ1v) is 12.4. The van der Waals surface area contributed by atoms with Gasteiger partial charge in [-0.25, -0.2) is 0 Å². The number of benzene rings is 2. The summed E-state index contributed by atoms with van der Waals surface area (Å²) < 4.78 is 8.49. The number of fused-ring (bicyclic) bond motifs is 10. The summed E-state index contributed by atoms with van der Waals surface area (Å²) in [5.41, 5.74) is 11.1. The van der Waals surface area contributed by atoms with Gasteiger partial charge < -0.3 is 19.7 Å². The zero-order chi connectivity index (χ0) is 22.7. The minimum Gasteiger partial charge on any atom is -0.396 e. The summed E-state index contributed by atoms with van der Waals surface area (Å²) in [7, 11) is 0. The molecule has 6 rings (SSSR count). The highest BCUT2D eigenvalue weighted by molar-refractivity contribution is 6.14. The Morgan fingerprint density at radius 2 is 2.03 bits per heavy atom. The molecule has 1 amide bonds. The van der Waals surface area contributed by atoms with Crippen LogP contribution in [-0.4, -0.2) is 34.9 Å². The molecule has 1 atom stereocenters. The van der Waals surface area contributed by atoms with Gasteiger partial charge in [-0.2, -0.15) is 0 Å². The van der Waals surface area contributed by atoms with E-state index in [-0.39, 0.29) is 18.6 Å². The first kappa shape index (κ1) is 20.9. The largest absolute Gasteiger partial charge is 0.396 e. The summed E-state index contributed by atoms with van der Waals surface area (Å²) >= 11 is 0. The molecule has 172 valence electrons. The summed E-state index contributed by atoms with van der Waals surface area (Å²) in [5.74, 6) is 0.565. The Hall–Kier alpha value is -2.63. The number of aliphatic hydroxyl groups excluding tert-OH is 1. The fourth-order valence-corrected chi connectivity index (χ4v) is 6.35. The van der Waals surface area contributed by atoms with Crippen LogP contribution >= 0.6 is 0 Å². The Bertz CT molecular complexity index is 1270. The lowest BCUT2D eigenvalue weighted by Gasteiger charge is -2.25. The van der Waals surface area contributed by atoms with Gasteiger partial charge in [0.1, 0.15) is 0 Å². The number of ether oxygens (including phenoxy) is 1. The maximum atomic E-state index is 13.1. The number of carbonyl (C=O) groups excluding carboxylic acids is 1. The summed E-state index contributed by atoms with van der Waals surface area (Å²) in [6.45, 7) is 6.59. The van der Waals surface area contributed by atoms with E-state index in [1.54, 1.807) is 0 Å². The van der Waals surface area contributed by atoms with E-state index < -0.39 is 0 Å². The molecular weight excluding hydrogens is 412 g/mol. The van der Waals surface area contributed by atoms with Crippen molar-refractivity contribution in [3.63, 3.8) is 0 Å². The maximum absolute atomic E-state index is 13.1. The average molecular weight is 445 g/mol. The summed E-state index contributed by atoms with van der Waals surface area (Å²) in [5, 5.41) is 14.1. The Kier molecular flexibility index (Phi) is 5.07. The minimum atomic E-state index is 0.0622. The van der Waals surface area contributed by atoms with E-state index in [2.05, 4.69) is 48.0 Å². The van der Waals surface area contributed by atoms with Crippen LogP contribution in [0.3, 0.4) is 0 Å². The highest BCUT2D eigenvalue weighted by Gasteiger charge is 2.37. The minimum absolute atomic E-state index is 0.0622. The Labute approximate surface area is 194 Å². The molecule has 1 aromatic heterocycles. The van der Waals surface area contributed by atoms with Gasteiger partial charge in [0.25, 0.3) is 5.91 Å². The third-order valence-electron chi connectivity index (χ3n) is 7.72. The molecule has 5 nitrogen and oxygen atoms in total. The summed E-state index contributed by atoms with van der Waals surface area (Å²) in [6, 6.07) is 8.53. The first-order valence-electron chi connectivity index (χ1n) is 12.4. The Morgan fingerprint density at radius 3 is 2.85 bits per heavy atom. The van der Waals surface area contributed by atoms with Gasteiger partial charge in [0.15, 0.2) is 0 Å². The predicted octanol–water partition coefficient (Wildman–Crippen LogP) is 4.37. The average Bonchev–Trinajstić information content (AvgIpc) is 3.47. The van der Waals surface area contributed by atoms with Gasteiger partial charge in [-0.1, -0.05) is 24.3 Å². The molecular formula is C28H32N2O3. The van der Waals surface area contributed by atoms with Crippen molar-refractivity contribution in [2.75, 3.05) is 13.2 Å². The van der Waals surface area contributed by atoms with Crippen LogP contribution in [0.2, 0.25) is 0 Å². The van der Waals surface area contributed by atoms with Crippen molar-refractivity contribution in [1.82, 2.24) is 9.88 Å². The molecule has 0 fully saturated rings. The topological polar surface area (TPSA) is 63.5 Å². The van der Waals surface area contributed by atoms with Crippen molar-refractivity contribution in [2.24, 2.45) is 5.92 Å². The monoisotopic (exact) mass is 444 g/mol. The van der Waals surface area contributed by atoms with Crippen LogP contribution in [0.15, 0.2) is 24.3 Å². The summed E-state index contributed by atoms with van der Waals surface area (Å²) in [6.07, 6.45) is 4.99.